The Labute approximate surface area is 132 Å². The number of benzene rings is 1. The standard InChI is InChI=1S/C17H25NO4/c1-13(2)11-22-12-15-10-14(4-5-16(15)20-3)17(19)18-6-8-21-9-7-18/h4-5,10,13H,6-9,11-12H2,1-3H3. The van der Waals surface area contributed by atoms with E-state index in [0.29, 0.717) is 51.0 Å². The number of nitrogens with zero attached hydrogens (tertiary/aromatic N) is 1. The van der Waals surface area contributed by atoms with Crippen molar-refractivity contribution in [1.29, 1.82) is 0 Å². The fraction of sp³-hybridized carbons (Fsp3) is 0.588. The first-order chi connectivity index (χ1) is 10.6. The van der Waals surface area contributed by atoms with E-state index in [1.165, 1.54) is 0 Å². The number of hydrogen-bond donors (Lipinski definition) is 0. The normalized spacial score (nSPS) is 15.2. The first-order valence-corrected chi connectivity index (χ1v) is 7.73. The van der Waals surface area contributed by atoms with E-state index in [1.807, 2.05) is 23.1 Å². The van der Waals surface area contributed by atoms with Crippen LogP contribution in [0.5, 0.6) is 5.75 Å². The highest BCUT2D eigenvalue weighted by molar-refractivity contribution is 5.94. The van der Waals surface area contributed by atoms with E-state index in [-0.39, 0.29) is 5.91 Å². The average molecular weight is 307 g/mol. The van der Waals surface area contributed by atoms with Crippen LogP contribution in [0, 0.1) is 5.92 Å². The second kappa shape index (κ2) is 8.15. The van der Waals surface area contributed by atoms with Gasteiger partial charge in [-0.25, -0.2) is 0 Å². The molecule has 0 N–H and O–H groups in total. The van der Waals surface area contributed by atoms with Gasteiger partial charge < -0.3 is 19.1 Å². The van der Waals surface area contributed by atoms with Gasteiger partial charge in [-0.15, -0.1) is 0 Å². The molecule has 1 saturated heterocycles. The summed E-state index contributed by atoms with van der Waals surface area (Å²) in [6.07, 6.45) is 0. The molecule has 0 saturated carbocycles. The first-order valence-electron chi connectivity index (χ1n) is 7.73. The lowest BCUT2D eigenvalue weighted by Crippen LogP contribution is -2.40. The summed E-state index contributed by atoms with van der Waals surface area (Å²) in [4.78, 5) is 14.3. The molecule has 5 nitrogen and oxygen atoms in total. The van der Waals surface area contributed by atoms with Crippen molar-refractivity contribution in [3.63, 3.8) is 0 Å². The summed E-state index contributed by atoms with van der Waals surface area (Å²) in [5, 5.41) is 0. The van der Waals surface area contributed by atoms with Crippen molar-refractivity contribution in [1.82, 2.24) is 4.90 Å². The largest absolute Gasteiger partial charge is 0.496 e. The number of morpholine rings is 1. The van der Waals surface area contributed by atoms with Gasteiger partial charge in [0.1, 0.15) is 5.75 Å². The summed E-state index contributed by atoms with van der Waals surface area (Å²) < 4.78 is 16.3. The molecule has 0 spiro atoms. The molecule has 0 aromatic heterocycles. The topological polar surface area (TPSA) is 48.0 Å². The quantitative estimate of drug-likeness (QED) is 0.809. The molecule has 1 aliphatic rings. The van der Waals surface area contributed by atoms with Crippen LogP contribution in [0.4, 0.5) is 0 Å². The van der Waals surface area contributed by atoms with Gasteiger partial charge in [-0.05, 0) is 24.1 Å². The SMILES string of the molecule is COc1ccc(C(=O)N2CCOCC2)cc1COCC(C)C. The molecule has 22 heavy (non-hydrogen) atoms. The van der Waals surface area contributed by atoms with Gasteiger partial charge in [-0.1, -0.05) is 13.8 Å². The van der Waals surface area contributed by atoms with Crippen LogP contribution in [0.2, 0.25) is 0 Å². The number of amides is 1. The second-order valence-electron chi connectivity index (χ2n) is 5.84. The zero-order valence-corrected chi connectivity index (χ0v) is 13.6. The van der Waals surface area contributed by atoms with Crippen LogP contribution in [0.15, 0.2) is 18.2 Å². The molecule has 0 radical (unpaired) electrons. The summed E-state index contributed by atoms with van der Waals surface area (Å²) >= 11 is 0. The lowest BCUT2D eigenvalue weighted by Gasteiger charge is -2.27. The fourth-order valence-corrected chi connectivity index (χ4v) is 2.38. The maximum absolute atomic E-state index is 12.5. The maximum atomic E-state index is 12.5. The Bertz CT molecular complexity index is 495. The number of rotatable bonds is 6. The molecule has 0 aliphatic carbocycles. The molecule has 1 heterocycles. The van der Waals surface area contributed by atoms with E-state index >= 15 is 0 Å². The van der Waals surface area contributed by atoms with Crippen molar-refractivity contribution in [3.8, 4) is 5.75 Å². The van der Waals surface area contributed by atoms with Crippen LogP contribution in [0.25, 0.3) is 0 Å². The summed E-state index contributed by atoms with van der Waals surface area (Å²) in [6.45, 7) is 7.84. The molecule has 1 amide bonds. The molecule has 1 aromatic rings. The van der Waals surface area contributed by atoms with Crippen LogP contribution in [-0.2, 0) is 16.1 Å². The first kappa shape index (κ1) is 16.8. The Morgan fingerprint density at radius 3 is 2.68 bits per heavy atom. The minimum Gasteiger partial charge on any atom is -0.496 e. The zero-order chi connectivity index (χ0) is 15.9. The molecule has 2 rings (SSSR count). The Hall–Kier alpha value is -1.59. The van der Waals surface area contributed by atoms with E-state index < -0.39 is 0 Å². The molecule has 0 atom stereocenters. The van der Waals surface area contributed by atoms with E-state index in [4.69, 9.17) is 14.2 Å². The molecule has 122 valence electrons. The van der Waals surface area contributed by atoms with E-state index in [2.05, 4.69) is 13.8 Å². The van der Waals surface area contributed by atoms with Gasteiger partial charge in [-0.2, -0.15) is 0 Å². The minimum atomic E-state index is 0.0380. The van der Waals surface area contributed by atoms with E-state index in [1.54, 1.807) is 7.11 Å². The Kier molecular flexibility index (Phi) is 6.21. The summed E-state index contributed by atoms with van der Waals surface area (Å²) in [6, 6.07) is 5.52. The highest BCUT2D eigenvalue weighted by atomic mass is 16.5. The maximum Gasteiger partial charge on any atom is 0.254 e. The second-order valence-corrected chi connectivity index (χ2v) is 5.84. The van der Waals surface area contributed by atoms with Gasteiger partial charge >= 0.3 is 0 Å². The number of ether oxygens (including phenoxy) is 3. The van der Waals surface area contributed by atoms with Crippen molar-refractivity contribution in [2.75, 3.05) is 40.0 Å². The van der Waals surface area contributed by atoms with Crippen LogP contribution in [-0.4, -0.2) is 50.8 Å². The highest BCUT2D eigenvalue weighted by Crippen LogP contribution is 2.22. The summed E-state index contributed by atoms with van der Waals surface area (Å²) in [5.74, 6) is 1.27. The molecule has 0 bridgehead atoms. The van der Waals surface area contributed by atoms with Gasteiger partial charge in [0.25, 0.3) is 5.91 Å². The fourth-order valence-electron chi connectivity index (χ4n) is 2.38. The molecule has 0 unspecified atom stereocenters. The van der Waals surface area contributed by atoms with Crippen LogP contribution in [0.1, 0.15) is 29.8 Å². The predicted molar refractivity (Wildman–Crippen MR) is 84.2 cm³/mol. The number of carbonyl (C=O) groups is 1. The molecular formula is C17H25NO4. The van der Waals surface area contributed by atoms with Crippen molar-refractivity contribution in [3.05, 3.63) is 29.3 Å². The van der Waals surface area contributed by atoms with Gasteiger partial charge in [0, 0.05) is 30.8 Å². The monoisotopic (exact) mass is 307 g/mol. The van der Waals surface area contributed by atoms with Gasteiger partial charge in [0.05, 0.1) is 26.9 Å². The Morgan fingerprint density at radius 2 is 2.05 bits per heavy atom. The molecule has 1 fully saturated rings. The summed E-state index contributed by atoms with van der Waals surface area (Å²) in [5.41, 5.74) is 1.58. The van der Waals surface area contributed by atoms with E-state index in [9.17, 15) is 4.79 Å². The third-order valence-electron chi connectivity index (χ3n) is 3.53. The number of carbonyl (C=O) groups excluding carboxylic acids is 1. The lowest BCUT2D eigenvalue weighted by atomic mass is 10.1. The van der Waals surface area contributed by atoms with Gasteiger partial charge in [-0.3, -0.25) is 4.79 Å². The van der Waals surface area contributed by atoms with Crippen molar-refractivity contribution in [2.45, 2.75) is 20.5 Å². The third-order valence-corrected chi connectivity index (χ3v) is 3.53. The zero-order valence-electron chi connectivity index (χ0n) is 13.6. The van der Waals surface area contributed by atoms with Gasteiger partial charge in [0.2, 0.25) is 0 Å². The Balaban J connectivity index is 2.09. The number of hydrogen-bond acceptors (Lipinski definition) is 4. The Morgan fingerprint density at radius 1 is 1.32 bits per heavy atom. The smallest absolute Gasteiger partial charge is 0.254 e. The van der Waals surface area contributed by atoms with E-state index in [0.717, 1.165) is 11.3 Å². The van der Waals surface area contributed by atoms with Crippen molar-refractivity contribution in [2.24, 2.45) is 5.92 Å². The van der Waals surface area contributed by atoms with Crippen molar-refractivity contribution < 1.29 is 19.0 Å². The third kappa shape index (κ3) is 4.45. The van der Waals surface area contributed by atoms with Crippen LogP contribution < -0.4 is 4.74 Å². The average Bonchev–Trinajstić information content (AvgIpc) is 2.54. The highest BCUT2D eigenvalue weighted by Gasteiger charge is 2.19. The summed E-state index contributed by atoms with van der Waals surface area (Å²) in [7, 11) is 1.63. The van der Waals surface area contributed by atoms with Crippen LogP contribution >= 0.6 is 0 Å². The molecular weight excluding hydrogens is 282 g/mol. The lowest BCUT2D eigenvalue weighted by molar-refractivity contribution is 0.0302. The molecule has 1 aliphatic heterocycles. The predicted octanol–water partition coefficient (Wildman–Crippen LogP) is 2.34. The van der Waals surface area contributed by atoms with Crippen LogP contribution in [0.3, 0.4) is 0 Å². The van der Waals surface area contributed by atoms with Crippen molar-refractivity contribution >= 4 is 5.91 Å². The molecule has 5 heteroatoms. The molecule has 1 aromatic carbocycles. The minimum absolute atomic E-state index is 0.0380. The number of methoxy groups -OCH3 is 1. The van der Waals surface area contributed by atoms with Gasteiger partial charge in [0.15, 0.2) is 0 Å².